The molecule has 3 heterocycles. The van der Waals surface area contributed by atoms with E-state index in [1.807, 2.05) is 18.2 Å². The molecule has 0 radical (unpaired) electrons. The van der Waals surface area contributed by atoms with E-state index in [2.05, 4.69) is 25.5 Å². The third-order valence-corrected chi connectivity index (χ3v) is 4.34. The summed E-state index contributed by atoms with van der Waals surface area (Å²) >= 11 is 0. The first-order valence-electron chi connectivity index (χ1n) is 8.97. The molecule has 9 nitrogen and oxygen atoms in total. The van der Waals surface area contributed by atoms with Crippen molar-refractivity contribution in [2.45, 2.75) is 18.9 Å². The van der Waals surface area contributed by atoms with E-state index in [9.17, 15) is 4.79 Å². The first kappa shape index (κ1) is 17.9. The molecule has 144 valence electrons. The van der Waals surface area contributed by atoms with Crippen LogP contribution in [0.1, 0.15) is 12.8 Å². The molecule has 0 bridgehead atoms. The maximum Gasteiger partial charge on any atom is 0.264 e. The van der Waals surface area contributed by atoms with Crippen molar-refractivity contribution in [2.24, 2.45) is 0 Å². The number of nitrogens with zero attached hydrogens (tertiary/aromatic N) is 3. The van der Waals surface area contributed by atoms with Gasteiger partial charge in [-0.05, 0) is 30.3 Å². The highest BCUT2D eigenvalue weighted by Crippen LogP contribution is 2.30. The maximum atomic E-state index is 11.1. The third kappa shape index (κ3) is 4.26. The molecule has 1 aliphatic rings. The fourth-order valence-electron chi connectivity index (χ4n) is 2.90. The zero-order valence-corrected chi connectivity index (χ0v) is 15.1. The maximum absolute atomic E-state index is 11.1. The van der Waals surface area contributed by atoms with E-state index in [1.54, 1.807) is 18.3 Å². The van der Waals surface area contributed by atoms with Gasteiger partial charge in [0, 0.05) is 30.7 Å². The van der Waals surface area contributed by atoms with E-state index in [-0.39, 0.29) is 11.7 Å². The summed E-state index contributed by atoms with van der Waals surface area (Å²) in [5.41, 5.74) is 8.01. The first-order chi connectivity index (χ1) is 13.7. The SMILES string of the molecule is Nc1cc(-c2ccnc(Nc3ccc(=O)[nH]n3)n2)ccc1OC1CCOCC1. The minimum atomic E-state index is -0.279. The molecule has 1 aromatic carbocycles. The summed E-state index contributed by atoms with van der Waals surface area (Å²) in [5.74, 6) is 1.47. The molecule has 1 fully saturated rings. The molecule has 0 amide bonds. The highest BCUT2D eigenvalue weighted by atomic mass is 16.5. The van der Waals surface area contributed by atoms with Crippen LogP contribution in [0.2, 0.25) is 0 Å². The summed E-state index contributed by atoms with van der Waals surface area (Å²) < 4.78 is 11.4. The fraction of sp³-hybridized carbons (Fsp3) is 0.263. The molecule has 4 N–H and O–H groups in total. The Morgan fingerprint density at radius 3 is 2.79 bits per heavy atom. The van der Waals surface area contributed by atoms with E-state index in [1.165, 1.54) is 6.07 Å². The number of anilines is 3. The van der Waals surface area contributed by atoms with Gasteiger partial charge in [-0.2, -0.15) is 5.10 Å². The summed E-state index contributed by atoms with van der Waals surface area (Å²) in [4.78, 5) is 19.8. The molecule has 2 aromatic heterocycles. The topological polar surface area (TPSA) is 128 Å². The van der Waals surface area contributed by atoms with Crippen LogP contribution in [0.4, 0.5) is 17.5 Å². The summed E-state index contributed by atoms with van der Waals surface area (Å²) in [6.45, 7) is 1.42. The average molecular weight is 380 g/mol. The van der Waals surface area contributed by atoms with Gasteiger partial charge in [-0.1, -0.05) is 0 Å². The number of rotatable bonds is 5. The number of aromatic nitrogens is 4. The lowest BCUT2D eigenvalue weighted by molar-refractivity contribution is 0.0259. The van der Waals surface area contributed by atoms with E-state index >= 15 is 0 Å². The summed E-state index contributed by atoms with van der Waals surface area (Å²) in [7, 11) is 0. The van der Waals surface area contributed by atoms with Crippen LogP contribution in [0.15, 0.2) is 47.4 Å². The smallest absolute Gasteiger partial charge is 0.264 e. The van der Waals surface area contributed by atoms with Gasteiger partial charge in [0.25, 0.3) is 5.56 Å². The second-order valence-corrected chi connectivity index (χ2v) is 6.38. The molecule has 0 saturated carbocycles. The number of benzene rings is 1. The Hall–Kier alpha value is -3.46. The van der Waals surface area contributed by atoms with Gasteiger partial charge in [-0.25, -0.2) is 15.1 Å². The number of ether oxygens (including phenoxy) is 2. The largest absolute Gasteiger partial charge is 0.488 e. The number of hydrogen-bond acceptors (Lipinski definition) is 8. The molecule has 1 saturated heterocycles. The highest BCUT2D eigenvalue weighted by Gasteiger charge is 2.17. The number of nitrogens with one attached hydrogen (secondary N) is 2. The molecule has 3 aromatic rings. The Kier molecular flexibility index (Phi) is 5.16. The standard InChI is InChI=1S/C19H20N6O3/c20-14-11-12(1-2-16(14)28-13-6-9-27-10-7-13)15-5-8-21-19(22-15)23-17-3-4-18(26)25-24-17/h1-5,8,11,13H,6-7,9-10,20H2,(H,25,26)(H,21,22,23,24). The molecular weight excluding hydrogens is 360 g/mol. The second-order valence-electron chi connectivity index (χ2n) is 6.38. The molecular formula is C19H20N6O3. The first-order valence-corrected chi connectivity index (χ1v) is 8.97. The highest BCUT2D eigenvalue weighted by molar-refractivity contribution is 5.69. The van der Waals surface area contributed by atoms with E-state index in [0.717, 1.165) is 18.4 Å². The predicted octanol–water partition coefficient (Wildman–Crippen LogP) is 2.11. The minimum Gasteiger partial charge on any atom is -0.488 e. The quantitative estimate of drug-likeness (QED) is 0.574. The van der Waals surface area contributed by atoms with Gasteiger partial charge in [0.1, 0.15) is 11.9 Å². The predicted molar refractivity (Wildman–Crippen MR) is 104 cm³/mol. The normalized spacial score (nSPS) is 14.6. The summed E-state index contributed by atoms with van der Waals surface area (Å²) in [6, 6.07) is 10.3. The molecule has 1 aliphatic heterocycles. The third-order valence-electron chi connectivity index (χ3n) is 4.34. The van der Waals surface area contributed by atoms with Gasteiger partial charge in [-0.3, -0.25) is 4.79 Å². The van der Waals surface area contributed by atoms with Crippen LogP contribution < -0.4 is 21.3 Å². The number of H-pyrrole nitrogens is 1. The molecule has 0 aliphatic carbocycles. The zero-order chi connectivity index (χ0) is 19.3. The Morgan fingerprint density at radius 1 is 1.18 bits per heavy atom. The minimum absolute atomic E-state index is 0.126. The van der Waals surface area contributed by atoms with Crippen molar-refractivity contribution >= 4 is 17.5 Å². The van der Waals surface area contributed by atoms with Gasteiger partial charge in [0.15, 0.2) is 5.82 Å². The Morgan fingerprint density at radius 2 is 2.04 bits per heavy atom. The van der Waals surface area contributed by atoms with E-state index in [0.29, 0.717) is 42.1 Å². The lowest BCUT2D eigenvalue weighted by Crippen LogP contribution is -2.26. The molecule has 28 heavy (non-hydrogen) atoms. The van der Waals surface area contributed by atoms with Gasteiger partial charge in [0.05, 0.1) is 24.6 Å². The van der Waals surface area contributed by atoms with Crippen LogP contribution in [-0.2, 0) is 4.74 Å². The van der Waals surface area contributed by atoms with Crippen LogP contribution in [-0.4, -0.2) is 39.5 Å². The molecule has 4 rings (SSSR count). The van der Waals surface area contributed by atoms with Crippen molar-refractivity contribution in [3.8, 4) is 17.0 Å². The van der Waals surface area contributed by atoms with Crippen LogP contribution in [0.5, 0.6) is 5.75 Å². The second kappa shape index (κ2) is 8.05. The fourth-order valence-corrected chi connectivity index (χ4v) is 2.90. The lowest BCUT2D eigenvalue weighted by Gasteiger charge is -2.24. The Labute approximate surface area is 160 Å². The van der Waals surface area contributed by atoms with Crippen molar-refractivity contribution in [1.82, 2.24) is 20.2 Å². The average Bonchev–Trinajstić information content (AvgIpc) is 2.72. The Bertz CT molecular complexity index is 996. The van der Waals surface area contributed by atoms with Crippen molar-refractivity contribution in [1.29, 1.82) is 0 Å². The van der Waals surface area contributed by atoms with Gasteiger partial charge >= 0.3 is 0 Å². The number of nitrogens with two attached hydrogens (primary N) is 1. The van der Waals surface area contributed by atoms with Gasteiger partial charge in [0.2, 0.25) is 5.95 Å². The van der Waals surface area contributed by atoms with Crippen LogP contribution in [0.3, 0.4) is 0 Å². The molecule has 9 heteroatoms. The summed E-state index contributed by atoms with van der Waals surface area (Å²) in [5, 5.41) is 9.18. The van der Waals surface area contributed by atoms with Gasteiger partial charge in [-0.15, -0.1) is 0 Å². The van der Waals surface area contributed by atoms with Gasteiger partial charge < -0.3 is 20.5 Å². The summed E-state index contributed by atoms with van der Waals surface area (Å²) in [6.07, 6.45) is 3.49. The molecule has 0 unspecified atom stereocenters. The van der Waals surface area contributed by atoms with E-state index in [4.69, 9.17) is 15.2 Å². The number of aromatic amines is 1. The van der Waals surface area contributed by atoms with E-state index < -0.39 is 0 Å². The van der Waals surface area contributed by atoms with Crippen LogP contribution in [0, 0.1) is 0 Å². The van der Waals surface area contributed by atoms with Crippen LogP contribution >= 0.6 is 0 Å². The monoisotopic (exact) mass is 380 g/mol. The molecule has 0 atom stereocenters. The molecule has 0 spiro atoms. The van der Waals surface area contributed by atoms with Crippen molar-refractivity contribution in [2.75, 3.05) is 24.3 Å². The van der Waals surface area contributed by atoms with Crippen molar-refractivity contribution in [3.05, 3.63) is 52.9 Å². The number of hydrogen-bond donors (Lipinski definition) is 3. The van der Waals surface area contributed by atoms with Crippen molar-refractivity contribution in [3.63, 3.8) is 0 Å². The van der Waals surface area contributed by atoms with Crippen molar-refractivity contribution < 1.29 is 9.47 Å². The van der Waals surface area contributed by atoms with Crippen LogP contribution in [0.25, 0.3) is 11.3 Å². The lowest BCUT2D eigenvalue weighted by atomic mass is 10.1. The Balaban J connectivity index is 1.51. The number of nitrogen functional groups attached to an aromatic ring is 1. The zero-order valence-electron chi connectivity index (χ0n) is 15.1.